The molecule has 0 heterocycles. The first-order valence-corrected chi connectivity index (χ1v) is 16.4. The normalized spacial score (nSPS) is 12.2. The second-order valence-electron chi connectivity index (χ2n) is 10.2. The highest BCUT2D eigenvalue weighted by Crippen LogP contribution is 2.36. The maximum Gasteiger partial charge on any atom is -0.00187 e. The van der Waals surface area contributed by atoms with E-state index in [0.29, 0.717) is 0 Å². The molecule has 29 heavy (non-hydrogen) atoms. The highest BCUT2D eigenvalue weighted by Gasteiger charge is 2.05. The zero-order valence-corrected chi connectivity index (χ0v) is 22.1. The lowest BCUT2D eigenvalue weighted by Gasteiger charge is -2.22. The van der Waals surface area contributed by atoms with Gasteiger partial charge in [0, 0.05) is 0 Å². The quantitative estimate of drug-likeness (QED) is 0.116. The van der Waals surface area contributed by atoms with Crippen molar-refractivity contribution in [2.24, 2.45) is 0 Å². The minimum Gasteiger partial charge on any atom is -0.303 e. The minimum atomic E-state index is -0.802. The highest BCUT2D eigenvalue weighted by atomic mass is 31.2. The van der Waals surface area contributed by atoms with Gasteiger partial charge in [0.2, 0.25) is 0 Å². The number of nitrogens with zero attached hydrogens (tertiary/aromatic N) is 1. The molecule has 0 aromatic carbocycles. The molecule has 0 N–H and O–H groups in total. The third-order valence-corrected chi connectivity index (χ3v) is 7.67. The van der Waals surface area contributed by atoms with Crippen LogP contribution in [0.4, 0.5) is 0 Å². The molecule has 0 radical (unpaired) electrons. The summed E-state index contributed by atoms with van der Waals surface area (Å²) < 4.78 is 0. The van der Waals surface area contributed by atoms with Crippen molar-refractivity contribution < 1.29 is 0 Å². The van der Waals surface area contributed by atoms with Gasteiger partial charge in [0.05, 0.1) is 0 Å². The Morgan fingerprint density at radius 1 is 0.483 bits per heavy atom. The van der Waals surface area contributed by atoms with Crippen LogP contribution in [-0.4, -0.2) is 50.3 Å². The van der Waals surface area contributed by atoms with Crippen molar-refractivity contribution in [1.29, 1.82) is 0 Å². The lowest BCUT2D eigenvalue weighted by atomic mass is 10.1. The maximum atomic E-state index is 4.35. The molecule has 0 aromatic heterocycles. The maximum absolute atomic E-state index is 4.35. The van der Waals surface area contributed by atoms with Crippen LogP contribution < -0.4 is 0 Å². The first-order valence-electron chi connectivity index (χ1n) is 13.4. The van der Waals surface area contributed by atoms with Crippen molar-refractivity contribution in [2.45, 2.75) is 129 Å². The standard InChI is InChI=1S/C27H58NP/c1-6-8-10-12-14-16-20-24-28(25-21-17-15-13-11-9-7-2)26-22-18-19-23-27-29(3,4)5/h3,6-27H2,1-2,4-5H3. The van der Waals surface area contributed by atoms with Crippen LogP contribution in [-0.2, 0) is 0 Å². The van der Waals surface area contributed by atoms with Gasteiger partial charge in [-0.1, -0.05) is 104 Å². The number of hydrogen-bond acceptors (Lipinski definition) is 1. The summed E-state index contributed by atoms with van der Waals surface area (Å²) in [4.78, 5) is 2.80. The van der Waals surface area contributed by atoms with Gasteiger partial charge in [-0.05, 0) is 64.8 Å². The lowest BCUT2D eigenvalue weighted by Crippen LogP contribution is -2.27. The first kappa shape index (κ1) is 29.3. The predicted molar refractivity (Wildman–Crippen MR) is 142 cm³/mol. The Balaban J connectivity index is 3.90. The molecular formula is C27H58NP. The van der Waals surface area contributed by atoms with Gasteiger partial charge in [0.15, 0.2) is 0 Å². The summed E-state index contributed by atoms with van der Waals surface area (Å²) >= 11 is 0. The molecular weight excluding hydrogens is 369 g/mol. The predicted octanol–water partition coefficient (Wildman–Crippen LogP) is 9.06. The van der Waals surface area contributed by atoms with Crippen LogP contribution in [0.5, 0.6) is 0 Å². The summed E-state index contributed by atoms with van der Waals surface area (Å²) in [5.74, 6) is 0. The molecule has 2 heteroatoms. The smallest absolute Gasteiger partial charge is 0.00187 e. The zero-order valence-electron chi connectivity index (χ0n) is 21.2. The fourth-order valence-corrected chi connectivity index (χ4v) is 5.23. The van der Waals surface area contributed by atoms with Gasteiger partial charge in [-0.25, -0.2) is 0 Å². The number of rotatable bonds is 23. The van der Waals surface area contributed by atoms with Gasteiger partial charge in [-0.15, -0.1) is 13.2 Å². The Morgan fingerprint density at radius 2 is 0.793 bits per heavy atom. The average molecular weight is 428 g/mol. The van der Waals surface area contributed by atoms with Crippen molar-refractivity contribution in [3.8, 4) is 0 Å². The van der Waals surface area contributed by atoms with Crippen LogP contribution in [0.15, 0.2) is 0 Å². The Labute approximate surface area is 186 Å². The van der Waals surface area contributed by atoms with Crippen molar-refractivity contribution in [1.82, 2.24) is 4.90 Å². The van der Waals surface area contributed by atoms with Crippen molar-refractivity contribution in [2.75, 3.05) is 39.1 Å². The van der Waals surface area contributed by atoms with E-state index in [0.717, 1.165) is 0 Å². The average Bonchev–Trinajstić information content (AvgIpc) is 2.67. The van der Waals surface area contributed by atoms with E-state index < -0.39 is 6.89 Å². The fourth-order valence-electron chi connectivity index (χ4n) is 4.15. The fraction of sp³-hybridized carbons (Fsp3) is 0.963. The molecule has 0 fully saturated rings. The third-order valence-electron chi connectivity index (χ3n) is 6.14. The Morgan fingerprint density at radius 3 is 1.14 bits per heavy atom. The molecule has 0 amide bonds. The van der Waals surface area contributed by atoms with Gasteiger partial charge < -0.3 is 4.90 Å². The van der Waals surface area contributed by atoms with Crippen LogP contribution >= 0.6 is 6.89 Å². The van der Waals surface area contributed by atoms with E-state index in [-0.39, 0.29) is 0 Å². The second-order valence-corrected chi connectivity index (χ2v) is 14.5. The number of hydrogen-bond donors (Lipinski definition) is 0. The third kappa shape index (κ3) is 24.4. The van der Waals surface area contributed by atoms with Crippen molar-refractivity contribution >= 4 is 13.2 Å². The monoisotopic (exact) mass is 427 g/mol. The molecule has 0 aliphatic heterocycles. The summed E-state index contributed by atoms with van der Waals surface area (Å²) in [5, 5.41) is 0. The molecule has 1 nitrogen and oxygen atoms in total. The molecule has 176 valence electrons. The first-order chi connectivity index (χ1) is 14.0. The van der Waals surface area contributed by atoms with E-state index in [1.807, 2.05) is 0 Å². The summed E-state index contributed by atoms with van der Waals surface area (Å²) in [6, 6.07) is 0. The Bertz CT molecular complexity index is 342. The van der Waals surface area contributed by atoms with Crippen LogP contribution in [0.2, 0.25) is 0 Å². The molecule has 0 aliphatic carbocycles. The SMILES string of the molecule is C=P(C)(C)CCCCCCN(CCCCCCCCC)CCCCCCCCC. The van der Waals surface area contributed by atoms with E-state index in [9.17, 15) is 0 Å². The van der Waals surface area contributed by atoms with E-state index in [1.165, 1.54) is 141 Å². The van der Waals surface area contributed by atoms with Crippen molar-refractivity contribution in [3.63, 3.8) is 0 Å². The van der Waals surface area contributed by atoms with E-state index in [4.69, 9.17) is 0 Å². The summed E-state index contributed by atoms with van der Waals surface area (Å²) in [7, 11) is 0. The summed E-state index contributed by atoms with van der Waals surface area (Å²) in [6.45, 7) is 12.6. The van der Waals surface area contributed by atoms with Gasteiger partial charge in [-0.3, -0.25) is 0 Å². The molecule has 0 aromatic rings. The van der Waals surface area contributed by atoms with Crippen LogP contribution in [0.3, 0.4) is 0 Å². The largest absolute Gasteiger partial charge is 0.303 e. The van der Waals surface area contributed by atoms with Gasteiger partial charge in [0.25, 0.3) is 0 Å². The second kappa shape index (κ2) is 21.5. The van der Waals surface area contributed by atoms with Gasteiger partial charge in [0.1, 0.15) is 0 Å². The van der Waals surface area contributed by atoms with E-state index in [2.05, 4.69) is 38.4 Å². The molecule has 0 saturated carbocycles. The molecule has 0 bridgehead atoms. The summed E-state index contributed by atoms with van der Waals surface area (Å²) in [5.41, 5.74) is 0. The molecule has 0 rings (SSSR count). The molecule has 0 spiro atoms. The Hall–Kier alpha value is 0.260. The molecule has 0 saturated heterocycles. The molecule has 0 aliphatic rings. The van der Waals surface area contributed by atoms with Gasteiger partial charge >= 0.3 is 0 Å². The van der Waals surface area contributed by atoms with E-state index >= 15 is 0 Å². The minimum absolute atomic E-state index is 0.802. The topological polar surface area (TPSA) is 3.24 Å². The zero-order chi connectivity index (χ0) is 21.6. The van der Waals surface area contributed by atoms with E-state index in [1.54, 1.807) is 0 Å². The van der Waals surface area contributed by atoms with Crippen molar-refractivity contribution in [3.05, 3.63) is 0 Å². The lowest BCUT2D eigenvalue weighted by molar-refractivity contribution is 0.254. The molecule has 0 unspecified atom stereocenters. The molecule has 0 atom stereocenters. The summed E-state index contributed by atoms with van der Waals surface area (Å²) in [6.07, 6.45) is 31.4. The van der Waals surface area contributed by atoms with Crippen LogP contribution in [0, 0.1) is 0 Å². The van der Waals surface area contributed by atoms with Crippen LogP contribution in [0.25, 0.3) is 0 Å². The highest BCUT2D eigenvalue weighted by molar-refractivity contribution is 7.72. The Kier molecular flexibility index (Phi) is 21.7. The number of unbranched alkanes of at least 4 members (excludes halogenated alkanes) is 15. The van der Waals surface area contributed by atoms with Crippen LogP contribution in [0.1, 0.15) is 129 Å². The van der Waals surface area contributed by atoms with Gasteiger partial charge in [-0.2, -0.15) is 0 Å².